The van der Waals surface area contributed by atoms with Gasteiger partial charge in [-0.15, -0.1) is 16.7 Å². The minimum Gasteiger partial charge on any atom is -0.497 e. The molecule has 0 aliphatic carbocycles. The van der Waals surface area contributed by atoms with Crippen molar-refractivity contribution in [3.63, 3.8) is 0 Å². The third-order valence-electron chi connectivity index (χ3n) is 2.32. The van der Waals surface area contributed by atoms with Crippen LogP contribution in [-0.4, -0.2) is 22.1 Å². The summed E-state index contributed by atoms with van der Waals surface area (Å²) in [6.45, 7) is 0.319. The van der Waals surface area contributed by atoms with Gasteiger partial charge in [0.25, 0.3) is 0 Å². The van der Waals surface area contributed by atoms with Crippen molar-refractivity contribution in [3.8, 4) is 5.75 Å². The van der Waals surface area contributed by atoms with Gasteiger partial charge in [0.15, 0.2) is 0 Å². The lowest BCUT2D eigenvalue weighted by molar-refractivity contribution is 0.410. The van der Waals surface area contributed by atoms with E-state index in [2.05, 4.69) is 10.3 Å². The molecule has 0 atom stereocenters. The van der Waals surface area contributed by atoms with Gasteiger partial charge in [-0.25, -0.2) is 9.07 Å². The summed E-state index contributed by atoms with van der Waals surface area (Å²) in [6, 6.07) is 4.71. The van der Waals surface area contributed by atoms with Crippen molar-refractivity contribution in [1.29, 1.82) is 0 Å². The zero-order chi connectivity index (χ0) is 12.3. The van der Waals surface area contributed by atoms with E-state index in [4.69, 9.17) is 16.3 Å². The molecule has 1 aromatic heterocycles. The molecule has 0 N–H and O–H groups in total. The maximum Gasteiger partial charge on any atom is 0.131 e. The second-order valence-corrected chi connectivity index (χ2v) is 3.77. The minimum atomic E-state index is -0.327. The number of halogens is 2. The lowest BCUT2D eigenvalue weighted by Gasteiger charge is -2.05. The number of hydrogen-bond donors (Lipinski definition) is 0. The lowest BCUT2D eigenvalue weighted by atomic mass is 10.2. The van der Waals surface area contributed by atoms with Gasteiger partial charge >= 0.3 is 0 Å². The Balaban J connectivity index is 2.18. The van der Waals surface area contributed by atoms with Gasteiger partial charge in [0.1, 0.15) is 11.6 Å². The monoisotopic (exact) mass is 255 g/mol. The summed E-state index contributed by atoms with van der Waals surface area (Å²) in [5.41, 5.74) is 1.19. The number of hydrogen-bond acceptors (Lipinski definition) is 3. The van der Waals surface area contributed by atoms with Crippen LogP contribution < -0.4 is 4.74 Å². The molecule has 2 aromatic rings. The number of alkyl halides is 1. The highest BCUT2D eigenvalue weighted by molar-refractivity contribution is 6.16. The van der Waals surface area contributed by atoms with Crippen molar-refractivity contribution in [2.45, 2.75) is 12.4 Å². The van der Waals surface area contributed by atoms with Crippen molar-refractivity contribution < 1.29 is 9.13 Å². The zero-order valence-corrected chi connectivity index (χ0v) is 9.99. The number of ether oxygens (including phenoxy) is 1. The summed E-state index contributed by atoms with van der Waals surface area (Å²) in [4.78, 5) is 0. The first-order valence-electron chi connectivity index (χ1n) is 5.00. The van der Waals surface area contributed by atoms with E-state index < -0.39 is 0 Å². The van der Waals surface area contributed by atoms with Gasteiger partial charge in [0.05, 0.1) is 31.4 Å². The normalized spacial score (nSPS) is 10.5. The maximum absolute atomic E-state index is 13.6. The molecule has 0 aliphatic rings. The van der Waals surface area contributed by atoms with Crippen LogP contribution in [0.2, 0.25) is 0 Å². The Kier molecular flexibility index (Phi) is 3.58. The molecule has 0 bridgehead atoms. The highest BCUT2D eigenvalue weighted by atomic mass is 35.5. The highest BCUT2D eigenvalue weighted by Crippen LogP contribution is 2.17. The van der Waals surface area contributed by atoms with E-state index in [1.165, 1.54) is 13.2 Å². The molecule has 90 valence electrons. The predicted molar refractivity (Wildman–Crippen MR) is 61.6 cm³/mol. The van der Waals surface area contributed by atoms with Crippen LogP contribution in [0.3, 0.4) is 0 Å². The van der Waals surface area contributed by atoms with Crippen LogP contribution in [-0.2, 0) is 12.4 Å². The molecule has 0 fully saturated rings. The topological polar surface area (TPSA) is 39.9 Å². The number of methoxy groups -OCH3 is 1. The molecule has 0 spiro atoms. The third-order valence-corrected chi connectivity index (χ3v) is 2.59. The van der Waals surface area contributed by atoms with E-state index in [0.717, 1.165) is 0 Å². The van der Waals surface area contributed by atoms with Gasteiger partial charge in [-0.3, -0.25) is 0 Å². The average molecular weight is 256 g/mol. The number of benzene rings is 1. The second kappa shape index (κ2) is 5.14. The maximum atomic E-state index is 13.6. The molecule has 0 amide bonds. The summed E-state index contributed by atoms with van der Waals surface area (Å²) >= 11 is 5.61. The van der Waals surface area contributed by atoms with Gasteiger partial charge in [0, 0.05) is 11.6 Å². The predicted octanol–water partition coefficient (Wildman–Crippen LogP) is 2.21. The highest BCUT2D eigenvalue weighted by Gasteiger charge is 2.06. The van der Waals surface area contributed by atoms with E-state index in [0.29, 0.717) is 29.4 Å². The lowest BCUT2D eigenvalue weighted by Crippen LogP contribution is -2.03. The summed E-state index contributed by atoms with van der Waals surface area (Å²) in [6.07, 6.45) is 1.69. The number of nitrogens with zero attached hydrogens (tertiary/aromatic N) is 3. The van der Waals surface area contributed by atoms with Crippen LogP contribution >= 0.6 is 11.6 Å². The summed E-state index contributed by atoms with van der Waals surface area (Å²) in [7, 11) is 1.50. The molecule has 4 nitrogen and oxygen atoms in total. The Morgan fingerprint density at radius 2 is 2.29 bits per heavy atom. The van der Waals surface area contributed by atoms with E-state index in [1.54, 1.807) is 23.0 Å². The van der Waals surface area contributed by atoms with Crippen LogP contribution in [0.5, 0.6) is 5.75 Å². The molecular formula is C11H11ClFN3O. The second-order valence-electron chi connectivity index (χ2n) is 3.50. The molecule has 0 radical (unpaired) electrons. The SMILES string of the molecule is COc1ccc(Cn2cc(CCl)nn2)c(F)c1. The first-order chi connectivity index (χ1) is 8.22. The number of aromatic nitrogens is 3. The van der Waals surface area contributed by atoms with Gasteiger partial charge in [-0.2, -0.15) is 0 Å². The van der Waals surface area contributed by atoms with Crippen molar-refractivity contribution >= 4 is 11.6 Å². The Morgan fingerprint density at radius 3 is 2.88 bits per heavy atom. The van der Waals surface area contributed by atoms with Crippen LogP contribution in [0.1, 0.15) is 11.3 Å². The molecule has 1 aromatic carbocycles. The first kappa shape index (κ1) is 11.9. The standard InChI is InChI=1S/C11H11ClFN3O/c1-17-10-3-2-8(11(13)4-10)6-16-7-9(5-12)14-15-16/h2-4,7H,5-6H2,1H3. The Bertz CT molecular complexity index is 515. The van der Waals surface area contributed by atoms with Gasteiger partial charge in [-0.1, -0.05) is 11.3 Å². The van der Waals surface area contributed by atoms with E-state index in [-0.39, 0.29) is 5.82 Å². The fourth-order valence-electron chi connectivity index (χ4n) is 1.43. The summed E-state index contributed by atoms with van der Waals surface area (Å²) in [5, 5.41) is 7.68. The van der Waals surface area contributed by atoms with E-state index in [9.17, 15) is 4.39 Å². The smallest absolute Gasteiger partial charge is 0.131 e. The van der Waals surface area contributed by atoms with Crippen LogP contribution in [0.25, 0.3) is 0 Å². The fourth-order valence-corrected chi connectivity index (χ4v) is 1.56. The third kappa shape index (κ3) is 2.74. The molecule has 1 heterocycles. The summed E-state index contributed by atoms with van der Waals surface area (Å²) in [5.74, 6) is 0.462. The zero-order valence-electron chi connectivity index (χ0n) is 9.23. The van der Waals surface area contributed by atoms with Crippen molar-refractivity contribution in [2.24, 2.45) is 0 Å². The van der Waals surface area contributed by atoms with Crippen molar-refractivity contribution in [1.82, 2.24) is 15.0 Å². The Hall–Kier alpha value is -1.62. The molecule has 0 aliphatic heterocycles. The Labute approximate surface area is 103 Å². The Morgan fingerprint density at radius 1 is 1.47 bits per heavy atom. The molecular weight excluding hydrogens is 245 g/mol. The van der Waals surface area contributed by atoms with Gasteiger partial charge in [0.2, 0.25) is 0 Å². The quantitative estimate of drug-likeness (QED) is 0.787. The van der Waals surface area contributed by atoms with Crippen molar-refractivity contribution in [2.75, 3.05) is 7.11 Å². The molecule has 6 heteroatoms. The van der Waals surface area contributed by atoms with Crippen LogP contribution in [0.4, 0.5) is 4.39 Å². The van der Waals surface area contributed by atoms with Gasteiger partial charge < -0.3 is 4.74 Å². The largest absolute Gasteiger partial charge is 0.497 e. The van der Waals surface area contributed by atoms with E-state index in [1.807, 2.05) is 0 Å². The molecule has 0 saturated carbocycles. The minimum absolute atomic E-state index is 0.297. The van der Waals surface area contributed by atoms with Crippen molar-refractivity contribution in [3.05, 3.63) is 41.5 Å². The van der Waals surface area contributed by atoms with Crippen LogP contribution in [0.15, 0.2) is 24.4 Å². The molecule has 2 rings (SSSR count). The fraction of sp³-hybridized carbons (Fsp3) is 0.273. The van der Waals surface area contributed by atoms with Gasteiger partial charge in [-0.05, 0) is 6.07 Å². The molecule has 0 saturated heterocycles. The summed E-state index contributed by atoms with van der Waals surface area (Å²) < 4.78 is 20.1. The number of rotatable bonds is 4. The van der Waals surface area contributed by atoms with Crippen LogP contribution in [0, 0.1) is 5.82 Å². The molecule has 0 unspecified atom stereocenters. The van der Waals surface area contributed by atoms with E-state index >= 15 is 0 Å². The average Bonchev–Trinajstić information content (AvgIpc) is 2.79. The first-order valence-corrected chi connectivity index (χ1v) is 5.53. The molecule has 17 heavy (non-hydrogen) atoms.